The van der Waals surface area contributed by atoms with Crippen LogP contribution in [0.15, 0.2) is 29.6 Å². The Morgan fingerprint density at radius 2 is 1.80 bits per heavy atom. The lowest BCUT2D eigenvalue weighted by molar-refractivity contribution is 0.0923. The third-order valence-corrected chi connectivity index (χ3v) is 5.01. The maximum Gasteiger partial charge on any atom is 0.325 e. The maximum atomic E-state index is 12.2. The molecule has 0 unspecified atom stereocenters. The topological polar surface area (TPSA) is 83.1 Å². The van der Waals surface area contributed by atoms with Gasteiger partial charge in [0.05, 0.1) is 0 Å². The van der Waals surface area contributed by atoms with Crippen LogP contribution in [0.25, 0.3) is 0 Å². The standard InChI is InChI=1S/C17H19ClN4O2S/c18-11-6-8-13(9-7-11)20-16(24)22-17-21-14(10-25-17)15(23)19-12-4-2-1-3-5-12/h6-10,12H,1-5H2,(H,19,23)(H2,20,21,22,24). The zero-order valence-corrected chi connectivity index (χ0v) is 15.1. The number of carbonyl (C=O) groups is 2. The van der Waals surface area contributed by atoms with E-state index in [2.05, 4.69) is 20.9 Å². The summed E-state index contributed by atoms with van der Waals surface area (Å²) < 4.78 is 0. The summed E-state index contributed by atoms with van der Waals surface area (Å²) in [5.74, 6) is -0.186. The van der Waals surface area contributed by atoms with E-state index in [0.29, 0.717) is 21.5 Å². The van der Waals surface area contributed by atoms with Crippen LogP contribution >= 0.6 is 22.9 Å². The smallest absolute Gasteiger partial charge is 0.325 e. The van der Waals surface area contributed by atoms with Gasteiger partial charge in [-0.15, -0.1) is 11.3 Å². The third-order valence-electron chi connectivity index (χ3n) is 4.00. The minimum atomic E-state index is -0.420. The molecule has 3 amide bonds. The zero-order chi connectivity index (χ0) is 17.6. The van der Waals surface area contributed by atoms with Crippen LogP contribution in [0.4, 0.5) is 15.6 Å². The van der Waals surface area contributed by atoms with E-state index < -0.39 is 6.03 Å². The summed E-state index contributed by atoms with van der Waals surface area (Å²) in [4.78, 5) is 28.4. The van der Waals surface area contributed by atoms with E-state index >= 15 is 0 Å². The van der Waals surface area contributed by atoms with Crippen LogP contribution < -0.4 is 16.0 Å². The molecule has 8 heteroatoms. The normalized spacial score (nSPS) is 14.8. The fraction of sp³-hybridized carbons (Fsp3) is 0.353. The van der Waals surface area contributed by atoms with Crippen LogP contribution in [0.3, 0.4) is 0 Å². The zero-order valence-electron chi connectivity index (χ0n) is 13.5. The van der Waals surface area contributed by atoms with Crippen molar-refractivity contribution < 1.29 is 9.59 Å². The monoisotopic (exact) mass is 378 g/mol. The minimum absolute atomic E-state index is 0.186. The molecule has 0 aliphatic heterocycles. The van der Waals surface area contributed by atoms with E-state index in [1.54, 1.807) is 29.6 Å². The predicted molar refractivity (Wildman–Crippen MR) is 101 cm³/mol. The number of aromatic nitrogens is 1. The molecule has 0 bridgehead atoms. The molecule has 3 rings (SSSR count). The molecule has 1 aromatic carbocycles. The summed E-state index contributed by atoms with van der Waals surface area (Å²) >= 11 is 7.02. The predicted octanol–water partition coefficient (Wildman–Crippen LogP) is 4.50. The van der Waals surface area contributed by atoms with Crippen LogP contribution in [0.1, 0.15) is 42.6 Å². The van der Waals surface area contributed by atoms with Gasteiger partial charge in [-0.2, -0.15) is 0 Å². The Hall–Kier alpha value is -2.12. The van der Waals surface area contributed by atoms with Gasteiger partial charge in [-0.25, -0.2) is 9.78 Å². The molecule has 25 heavy (non-hydrogen) atoms. The number of hydrogen-bond donors (Lipinski definition) is 3. The highest BCUT2D eigenvalue weighted by atomic mass is 35.5. The highest BCUT2D eigenvalue weighted by Gasteiger charge is 2.18. The van der Waals surface area contributed by atoms with Gasteiger partial charge in [0.25, 0.3) is 5.91 Å². The average molecular weight is 379 g/mol. The first-order chi connectivity index (χ1) is 12.1. The van der Waals surface area contributed by atoms with Crippen molar-refractivity contribution in [2.24, 2.45) is 0 Å². The fourth-order valence-corrected chi connectivity index (χ4v) is 3.55. The molecule has 0 saturated heterocycles. The number of thiazole rings is 1. The summed E-state index contributed by atoms with van der Waals surface area (Å²) in [6.45, 7) is 0. The summed E-state index contributed by atoms with van der Waals surface area (Å²) in [5, 5.41) is 10.9. The number of urea groups is 1. The minimum Gasteiger partial charge on any atom is -0.348 e. The number of amides is 3. The Morgan fingerprint density at radius 3 is 2.52 bits per heavy atom. The van der Waals surface area contributed by atoms with Crippen LogP contribution in [-0.2, 0) is 0 Å². The van der Waals surface area contributed by atoms with E-state index in [9.17, 15) is 9.59 Å². The molecule has 2 aromatic rings. The van der Waals surface area contributed by atoms with Gasteiger partial charge in [0.15, 0.2) is 5.13 Å². The lowest BCUT2D eigenvalue weighted by Crippen LogP contribution is -2.36. The lowest BCUT2D eigenvalue weighted by atomic mass is 9.95. The maximum absolute atomic E-state index is 12.2. The van der Waals surface area contributed by atoms with Gasteiger partial charge in [0.2, 0.25) is 0 Å². The van der Waals surface area contributed by atoms with E-state index in [1.807, 2.05) is 0 Å². The van der Waals surface area contributed by atoms with E-state index in [1.165, 1.54) is 17.8 Å². The van der Waals surface area contributed by atoms with Crippen LogP contribution in [-0.4, -0.2) is 23.0 Å². The van der Waals surface area contributed by atoms with Crippen molar-refractivity contribution in [1.82, 2.24) is 10.3 Å². The highest BCUT2D eigenvalue weighted by molar-refractivity contribution is 7.14. The fourth-order valence-electron chi connectivity index (χ4n) is 2.73. The van der Waals surface area contributed by atoms with Crippen LogP contribution in [0, 0.1) is 0 Å². The summed E-state index contributed by atoms with van der Waals surface area (Å²) in [6.07, 6.45) is 5.58. The quantitative estimate of drug-likeness (QED) is 0.732. The molecule has 0 radical (unpaired) electrons. The van der Waals surface area contributed by atoms with Crippen molar-refractivity contribution >= 4 is 45.7 Å². The number of rotatable bonds is 4. The summed E-state index contributed by atoms with van der Waals surface area (Å²) in [7, 11) is 0. The van der Waals surface area contributed by atoms with Gasteiger partial charge in [-0.1, -0.05) is 30.9 Å². The number of nitrogens with zero attached hydrogens (tertiary/aromatic N) is 1. The van der Waals surface area contributed by atoms with Gasteiger partial charge >= 0.3 is 6.03 Å². The first-order valence-corrected chi connectivity index (χ1v) is 9.46. The van der Waals surface area contributed by atoms with Gasteiger partial charge in [-0.05, 0) is 37.1 Å². The van der Waals surface area contributed by atoms with Crippen molar-refractivity contribution in [3.63, 3.8) is 0 Å². The molecular weight excluding hydrogens is 360 g/mol. The molecule has 6 nitrogen and oxygen atoms in total. The van der Waals surface area contributed by atoms with Crippen LogP contribution in [0.2, 0.25) is 5.02 Å². The van der Waals surface area contributed by atoms with Crippen molar-refractivity contribution in [2.45, 2.75) is 38.1 Å². The molecule has 1 aliphatic carbocycles. The highest BCUT2D eigenvalue weighted by Crippen LogP contribution is 2.20. The number of benzene rings is 1. The molecule has 1 saturated carbocycles. The molecule has 132 valence electrons. The number of anilines is 2. The second-order valence-corrected chi connectivity index (χ2v) is 7.23. The summed E-state index contributed by atoms with van der Waals surface area (Å²) in [5.41, 5.74) is 0.950. The number of carbonyl (C=O) groups excluding carboxylic acids is 2. The Bertz CT molecular complexity index is 741. The largest absolute Gasteiger partial charge is 0.348 e. The number of nitrogens with one attached hydrogen (secondary N) is 3. The Kier molecular flexibility index (Phi) is 5.88. The van der Waals surface area contributed by atoms with E-state index in [4.69, 9.17) is 11.6 Å². The summed E-state index contributed by atoms with van der Waals surface area (Å²) in [6, 6.07) is 6.59. The van der Waals surface area contributed by atoms with Crippen molar-refractivity contribution in [1.29, 1.82) is 0 Å². The Morgan fingerprint density at radius 1 is 1.08 bits per heavy atom. The molecule has 3 N–H and O–H groups in total. The Balaban J connectivity index is 1.52. The molecule has 1 aromatic heterocycles. The van der Waals surface area contributed by atoms with Crippen molar-refractivity contribution in [3.8, 4) is 0 Å². The lowest BCUT2D eigenvalue weighted by Gasteiger charge is -2.22. The molecule has 1 fully saturated rings. The first-order valence-electron chi connectivity index (χ1n) is 8.20. The second kappa shape index (κ2) is 8.31. The van der Waals surface area contributed by atoms with Crippen molar-refractivity contribution in [3.05, 3.63) is 40.4 Å². The Labute approximate surface area is 155 Å². The SMILES string of the molecule is O=C(Nc1ccc(Cl)cc1)Nc1nc(C(=O)NC2CCCCC2)cs1. The molecule has 1 aliphatic rings. The van der Waals surface area contributed by atoms with Gasteiger partial charge in [0, 0.05) is 22.1 Å². The first kappa shape index (κ1) is 17.7. The molecular formula is C17H19ClN4O2S. The van der Waals surface area contributed by atoms with E-state index in [-0.39, 0.29) is 11.9 Å². The third kappa shape index (κ3) is 5.17. The second-order valence-electron chi connectivity index (χ2n) is 5.93. The van der Waals surface area contributed by atoms with Gasteiger partial charge in [-0.3, -0.25) is 10.1 Å². The van der Waals surface area contributed by atoms with E-state index in [0.717, 1.165) is 25.7 Å². The van der Waals surface area contributed by atoms with Crippen molar-refractivity contribution in [2.75, 3.05) is 10.6 Å². The molecule has 0 spiro atoms. The molecule has 1 heterocycles. The van der Waals surface area contributed by atoms with Crippen LogP contribution in [0.5, 0.6) is 0 Å². The van der Waals surface area contributed by atoms with Gasteiger partial charge in [0.1, 0.15) is 5.69 Å². The average Bonchev–Trinajstić information content (AvgIpc) is 3.06. The van der Waals surface area contributed by atoms with Gasteiger partial charge < -0.3 is 10.6 Å². The molecule has 0 atom stereocenters. The number of halogens is 1. The number of hydrogen-bond acceptors (Lipinski definition) is 4.